The van der Waals surface area contributed by atoms with E-state index in [1.165, 1.54) is 6.92 Å². The van der Waals surface area contributed by atoms with E-state index >= 15 is 0 Å². The summed E-state index contributed by atoms with van der Waals surface area (Å²) in [4.78, 5) is 36.5. The Labute approximate surface area is 178 Å². The molecular weight excluding hydrogens is 384 g/mol. The van der Waals surface area contributed by atoms with E-state index in [0.717, 1.165) is 18.4 Å². The van der Waals surface area contributed by atoms with Crippen molar-refractivity contribution in [3.8, 4) is 0 Å². The highest BCUT2D eigenvalue weighted by Gasteiger charge is 2.81. The molecule has 1 aliphatic heterocycles. The summed E-state index contributed by atoms with van der Waals surface area (Å²) in [5.74, 6) is -1.31. The number of allylic oxidation sites excluding steroid dienone is 2. The van der Waals surface area contributed by atoms with Gasteiger partial charge in [0.2, 0.25) is 5.78 Å². The minimum atomic E-state index is -1.58. The van der Waals surface area contributed by atoms with E-state index in [0.29, 0.717) is 12.8 Å². The van der Waals surface area contributed by atoms with Crippen LogP contribution in [0.15, 0.2) is 23.8 Å². The Hall–Kier alpha value is -1.79. The zero-order valence-electron chi connectivity index (χ0n) is 19.0. The van der Waals surface area contributed by atoms with E-state index in [2.05, 4.69) is 6.92 Å². The minimum absolute atomic E-state index is 0.0108. The van der Waals surface area contributed by atoms with Gasteiger partial charge in [0.1, 0.15) is 11.2 Å². The maximum absolute atomic E-state index is 13.1. The van der Waals surface area contributed by atoms with Gasteiger partial charge in [0.25, 0.3) is 0 Å². The summed E-state index contributed by atoms with van der Waals surface area (Å²) in [6.07, 6.45) is 6.03. The average Bonchev–Trinajstić information content (AvgIpc) is 3.37. The first-order valence-electron chi connectivity index (χ1n) is 11.4. The molecule has 1 N–H and O–H groups in total. The number of rotatable bonds is 3. The summed E-state index contributed by atoms with van der Waals surface area (Å²) in [7, 11) is 0. The number of ether oxygens (including phenoxy) is 2. The molecule has 30 heavy (non-hydrogen) atoms. The third kappa shape index (κ3) is 2.14. The molecule has 5 aliphatic rings. The Kier molecular flexibility index (Phi) is 3.73. The number of epoxide rings is 1. The van der Waals surface area contributed by atoms with Crippen LogP contribution in [0.3, 0.4) is 0 Å². The third-order valence-corrected chi connectivity index (χ3v) is 9.26. The van der Waals surface area contributed by atoms with Crippen molar-refractivity contribution in [2.75, 3.05) is 6.61 Å². The molecule has 8 atom stereocenters. The third-order valence-electron chi connectivity index (χ3n) is 9.26. The zero-order valence-corrected chi connectivity index (χ0v) is 18.0. The molecule has 1 saturated heterocycles. The summed E-state index contributed by atoms with van der Waals surface area (Å²) < 4.78 is 19.5. The summed E-state index contributed by atoms with van der Waals surface area (Å²) in [6, 6.07) is 0.0108. The Balaban J connectivity index is 1.53. The maximum atomic E-state index is 13.1. The van der Waals surface area contributed by atoms with Crippen molar-refractivity contribution in [1.29, 1.82) is 0 Å². The number of hydrogen-bond donors (Lipinski definition) is 1. The molecule has 4 aliphatic carbocycles. The minimum Gasteiger partial charge on any atom is -0.458 e. The van der Waals surface area contributed by atoms with E-state index in [4.69, 9.17) is 10.8 Å². The van der Waals surface area contributed by atoms with E-state index in [1.807, 2.05) is 13.8 Å². The van der Waals surface area contributed by atoms with Crippen LogP contribution in [0.5, 0.6) is 0 Å². The van der Waals surface area contributed by atoms with Gasteiger partial charge < -0.3 is 14.6 Å². The van der Waals surface area contributed by atoms with Crippen LogP contribution >= 0.6 is 0 Å². The Bertz CT molecular complexity index is 969. The van der Waals surface area contributed by atoms with Crippen LogP contribution in [0.1, 0.15) is 54.7 Å². The Morgan fingerprint density at radius 2 is 2.10 bits per heavy atom. The number of Topliss-reactive ketones (excluding diaryl/α,β-unsaturated/α-hetero) is 1. The molecule has 0 aromatic heterocycles. The van der Waals surface area contributed by atoms with Crippen molar-refractivity contribution >= 4 is 17.5 Å². The quantitative estimate of drug-likeness (QED) is 0.561. The van der Waals surface area contributed by atoms with Gasteiger partial charge in [0.15, 0.2) is 12.4 Å². The van der Waals surface area contributed by atoms with E-state index in [9.17, 15) is 19.5 Å². The lowest BCUT2D eigenvalue weighted by atomic mass is 9.46. The highest BCUT2D eigenvalue weighted by Crippen LogP contribution is 2.76. The maximum Gasteiger partial charge on any atom is 0.303 e. The first-order valence-corrected chi connectivity index (χ1v) is 10.9. The Morgan fingerprint density at radius 1 is 1.37 bits per heavy atom. The second-order valence-corrected chi connectivity index (χ2v) is 10.4. The second-order valence-electron chi connectivity index (χ2n) is 10.4. The Morgan fingerprint density at radius 3 is 2.80 bits per heavy atom. The summed E-state index contributed by atoms with van der Waals surface area (Å²) in [5.41, 5.74) is -2.24. The van der Waals surface area contributed by atoms with E-state index < -0.39 is 40.4 Å². The predicted molar refractivity (Wildman–Crippen MR) is 107 cm³/mol. The molecule has 1 spiro atoms. The van der Waals surface area contributed by atoms with Gasteiger partial charge in [-0.05, 0) is 62.5 Å². The molecule has 0 amide bonds. The van der Waals surface area contributed by atoms with Crippen LogP contribution in [0.2, 0.25) is 0 Å². The van der Waals surface area contributed by atoms with Gasteiger partial charge in [-0.2, -0.15) is 0 Å². The van der Waals surface area contributed by atoms with Crippen LogP contribution in [0, 0.1) is 28.6 Å². The van der Waals surface area contributed by atoms with Gasteiger partial charge in [0, 0.05) is 17.8 Å². The molecule has 0 radical (unpaired) electrons. The summed E-state index contributed by atoms with van der Waals surface area (Å²) >= 11 is 0. The number of carbonyl (C=O) groups excluding carboxylic acids is 3. The average molecular weight is 417 g/mol. The predicted octanol–water partition coefficient (Wildman–Crippen LogP) is 2.53. The topological polar surface area (TPSA) is 93.2 Å². The number of esters is 1. The lowest BCUT2D eigenvalue weighted by molar-refractivity contribution is -0.170. The highest BCUT2D eigenvalue weighted by atomic mass is 16.6. The van der Waals surface area contributed by atoms with Crippen molar-refractivity contribution < 1.29 is 30.3 Å². The molecule has 3 saturated carbocycles. The fraction of sp³-hybridized carbons (Fsp3) is 0.708. The number of aliphatic hydroxyl groups is 1. The van der Waals surface area contributed by atoms with Crippen LogP contribution in [0.25, 0.3) is 0 Å². The summed E-state index contributed by atoms with van der Waals surface area (Å²) in [6.45, 7) is 6.81. The lowest BCUT2D eigenvalue weighted by Gasteiger charge is -2.55. The van der Waals surface area contributed by atoms with Crippen molar-refractivity contribution in [3.05, 3.63) is 23.8 Å². The van der Waals surface area contributed by atoms with Gasteiger partial charge in [0.05, 0.1) is 7.47 Å². The largest absolute Gasteiger partial charge is 0.458 e. The van der Waals surface area contributed by atoms with Crippen molar-refractivity contribution in [3.63, 3.8) is 0 Å². The highest BCUT2D eigenvalue weighted by molar-refractivity contribution is 6.01. The molecule has 0 aromatic rings. The van der Waals surface area contributed by atoms with Gasteiger partial charge >= 0.3 is 5.97 Å². The van der Waals surface area contributed by atoms with Gasteiger partial charge in [-0.15, -0.1) is 0 Å². The fourth-order valence-electron chi connectivity index (χ4n) is 7.77. The zero-order chi connectivity index (χ0) is 22.6. The monoisotopic (exact) mass is 416 g/mol. The van der Waals surface area contributed by atoms with Crippen LogP contribution in [-0.2, 0) is 23.9 Å². The van der Waals surface area contributed by atoms with Crippen molar-refractivity contribution in [1.82, 2.24) is 0 Å². The first-order chi connectivity index (χ1) is 14.4. The van der Waals surface area contributed by atoms with Crippen molar-refractivity contribution in [2.45, 2.75) is 70.7 Å². The molecule has 6 nitrogen and oxygen atoms in total. The van der Waals surface area contributed by atoms with E-state index in [-0.39, 0.29) is 35.7 Å². The number of hydrogen-bond acceptors (Lipinski definition) is 6. The number of ketones is 2. The molecule has 6 heteroatoms. The van der Waals surface area contributed by atoms with Crippen LogP contribution in [-0.4, -0.2) is 46.6 Å². The molecular formula is C24H30O6. The van der Waals surface area contributed by atoms with Gasteiger partial charge in [-0.1, -0.05) is 25.5 Å². The molecule has 5 rings (SSSR count). The standard InChI is InChI=1S/C24H30O6/c1-13-9-18-17-6-5-15-10-16(26)7-8-21(15,3)24(17)20(30-24)11-22(18,4)23(13,28)19(27)12-29-14(2)25/h7-8,10,13,17-18,20,28H,5-6,9,11-12H2,1-4H3/t13-,17+,18+,20?,21+,22+,23+,24?/m1/s1/i7T. The van der Waals surface area contributed by atoms with Crippen molar-refractivity contribution in [2.24, 2.45) is 28.6 Å². The van der Waals surface area contributed by atoms with Crippen LogP contribution < -0.4 is 0 Å². The molecule has 2 unspecified atom stereocenters. The normalized spacial score (nSPS) is 51.4. The fourth-order valence-corrected chi connectivity index (χ4v) is 7.77. The summed E-state index contributed by atoms with van der Waals surface area (Å²) in [5, 5.41) is 11.8. The molecule has 1 heterocycles. The second kappa shape index (κ2) is 5.92. The lowest BCUT2D eigenvalue weighted by Crippen LogP contribution is -2.62. The SMILES string of the molecule is [3H]C1=C[C@@]2(C)C(=CC1=O)CC[C@H]1[C@@H]3C[C@@H](C)[C@](O)(C(=O)COC(C)=O)[C@@]3(C)CC3OC312. The number of fused-ring (bicyclic) bond motifs is 3. The van der Waals surface area contributed by atoms with Crippen LogP contribution in [0.4, 0.5) is 0 Å². The first kappa shape index (κ1) is 18.9. The van der Waals surface area contributed by atoms with E-state index in [1.54, 1.807) is 12.2 Å². The van der Waals surface area contributed by atoms with Gasteiger partial charge in [-0.25, -0.2) is 0 Å². The smallest absolute Gasteiger partial charge is 0.303 e. The molecule has 0 bridgehead atoms. The molecule has 0 aromatic carbocycles. The number of carbonyl (C=O) groups is 3. The molecule has 4 fully saturated rings. The van der Waals surface area contributed by atoms with Gasteiger partial charge in [-0.3, -0.25) is 14.4 Å². The molecule has 162 valence electrons.